The van der Waals surface area contributed by atoms with Crippen LogP contribution in [0.1, 0.15) is 23.0 Å². The highest BCUT2D eigenvalue weighted by atomic mass is 35.5. The minimum atomic E-state index is -4.70. The minimum absolute atomic E-state index is 0.157. The standard InChI is InChI=1S/C20H15ClF3N3O4/c1-2-27-18(29)13-6-4-3-5-12(13)17(26-27)19(30)31-10-16(28)25-11-7-8-15(21)14(9-11)20(22,23)24/h3-9H,2,10H2,1H3,(H,25,28). The van der Waals surface area contributed by atoms with E-state index in [1.165, 1.54) is 18.2 Å². The number of ether oxygens (including phenoxy) is 1. The minimum Gasteiger partial charge on any atom is -0.451 e. The zero-order valence-electron chi connectivity index (χ0n) is 16.0. The summed E-state index contributed by atoms with van der Waals surface area (Å²) in [6.45, 7) is 1.11. The molecule has 7 nitrogen and oxygen atoms in total. The van der Waals surface area contributed by atoms with Crippen molar-refractivity contribution in [3.05, 3.63) is 69.1 Å². The molecule has 0 spiro atoms. The zero-order chi connectivity index (χ0) is 22.8. The van der Waals surface area contributed by atoms with Gasteiger partial charge in [-0.1, -0.05) is 29.8 Å². The lowest BCUT2D eigenvalue weighted by molar-refractivity contribution is -0.137. The second-order valence-electron chi connectivity index (χ2n) is 6.33. The van der Waals surface area contributed by atoms with Crippen molar-refractivity contribution in [3.8, 4) is 0 Å². The number of nitrogens with one attached hydrogen (secondary N) is 1. The number of carbonyl (C=O) groups excluding carboxylic acids is 2. The first-order valence-electron chi connectivity index (χ1n) is 8.95. The van der Waals surface area contributed by atoms with E-state index >= 15 is 0 Å². The molecule has 2 aromatic carbocycles. The summed E-state index contributed by atoms with van der Waals surface area (Å²) in [6.07, 6.45) is -4.70. The fourth-order valence-electron chi connectivity index (χ4n) is 2.82. The highest BCUT2D eigenvalue weighted by molar-refractivity contribution is 6.31. The third kappa shape index (κ3) is 4.85. The molecule has 0 aliphatic rings. The van der Waals surface area contributed by atoms with Crippen LogP contribution in [0.4, 0.5) is 18.9 Å². The maximum atomic E-state index is 12.9. The first-order chi connectivity index (χ1) is 14.6. The summed E-state index contributed by atoms with van der Waals surface area (Å²) in [5.74, 6) is -1.82. The van der Waals surface area contributed by atoms with Crippen LogP contribution in [0.3, 0.4) is 0 Å². The van der Waals surface area contributed by atoms with Crippen molar-refractivity contribution in [3.63, 3.8) is 0 Å². The molecule has 0 fully saturated rings. The number of hydrogen-bond donors (Lipinski definition) is 1. The number of aryl methyl sites for hydroxylation is 1. The Morgan fingerprint density at radius 2 is 1.84 bits per heavy atom. The van der Waals surface area contributed by atoms with Crippen molar-refractivity contribution < 1.29 is 27.5 Å². The fourth-order valence-corrected chi connectivity index (χ4v) is 3.04. The van der Waals surface area contributed by atoms with E-state index < -0.39 is 35.2 Å². The van der Waals surface area contributed by atoms with Crippen LogP contribution in [0.5, 0.6) is 0 Å². The summed E-state index contributed by atoms with van der Waals surface area (Å²) in [6, 6.07) is 9.16. The van der Waals surface area contributed by atoms with E-state index in [-0.39, 0.29) is 34.3 Å². The molecule has 0 aliphatic heterocycles. The Bertz CT molecular complexity index is 1220. The predicted molar refractivity (Wildman–Crippen MR) is 107 cm³/mol. The Morgan fingerprint density at radius 1 is 1.16 bits per heavy atom. The largest absolute Gasteiger partial charge is 0.451 e. The molecule has 0 atom stereocenters. The number of fused-ring (bicyclic) bond motifs is 1. The van der Waals surface area contributed by atoms with Gasteiger partial charge in [0.25, 0.3) is 11.5 Å². The summed E-state index contributed by atoms with van der Waals surface area (Å²) in [5, 5.41) is 6.20. The van der Waals surface area contributed by atoms with Crippen LogP contribution in [0.25, 0.3) is 10.8 Å². The molecule has 3 aromatic rings. The number of benzene rings is 2. The van der Waals surface area contributed by atoms with E-state index in [1.54, 1.807) is 19.1 Å². The molecule has 0 unspecified atom stereocenters. The average Bonchev–Trinajstić information content (AvgIpc) is 2.73. The van der Waals surface area contributed by atoms with Crippen LogP contribution < -0.4 is 10.9 Å². The molecule has 31 heavy (non-hydrogen) atoms. The third-order valence-corrected chi connectivity index (χ3v) is 4.58. The Hall–Kier alpha value is -3.40. The van der Waals surface area contributed by atoms with Gasteiger partial charge in [-0.15, -0.1) is 0 Å². The molecule has 1 amide bonds. The number of anilines is 1. The van der Waals surface area contributed by atoms with Gasteiger partial charge in [-0.25, -0.2) is 9.48 Å². The Morgan fingerprint density at radius 3 is 2.48 bits per heavy atom. The molecule has 162 valence electrons. The SMILES string of the molecule is CCn1nc(C(=O)OCC(=O)Nc2ccc(Cl)c(C(F)(F)F)c2)c2ccccc2c1=O. The molecule has 1 N–H and O–H groups in total. The normalized spacial score (nSPS) is 11.4. The number of amides is 1. The number of hydrogen-bond acceptors (Lipinski definition) is 5. The maximum absolute atomic E-state index is 12.9. The number of alkyl halides is 3. The van der Waals surface area contributed by atoms with Crippen LogP contribution >= 0.6 is 11.6 Å². The van der Waals surface area contributed by atoms with Crippen LogP contribution in [0.15, 0.2) is 47.3 Å². The summed E-state index contributed by atoms with van der Waals surface area (Å²) in [7, 11) is 0. The number of halogens is 4. The average molecular weight is 454 g/mol. The highest BCUT2D eigenvalue weighted by Crippen LogP contribution is 2.36. The van der Waals surface area contributed by atoms with E-state index in [4.69, 9.17) is 16.3 Å². The summed E-state index contributed by atoms with van der Waals surface area (Å²) >= 11 is 5.54. The van der Waals surface area contributed by atoms with Gasteiger partial charge in [-0.2, -0.15) is 18.3 Å². The second-order valence-corrected chi connectivity index (χ2v) is 6.74. The number of aromatic nitrogens is 2. The van der Waals surface area contributed by atoms with E-state index in [0.29, 0.717) is 6.07 Å². The second kappa shape index (κ2) is 8.76. The van der Waals surface area contributed by atoms with Crippen LogP contribution in [0, 0.1) is 0 Å². The lowest BCUT2D eigenvalue weighted by Crippen LogP contribution is -2.27. The highest BCUT2D eigenvalue weighted by Gasteiger charge is 2.33. The Labute approximate surface area is 178 Å². The molecule has 11 heteroatoms. The van der Waals surface area contributed by atoms with Gasteiger partial charge in [-0.05, 0) is 31.2 Å². The van der Waals surface area contributed by atoms with Gasteiger partial charge in [0.2, 0.25) is 0 Å². The van der Waals surface area contributed by atoms with Gasteiger partial charge in [-0.3, -0.25) is 9.59 Å². The number of esters is 1. The molecular formula is C20H15ClF3N3O4. The number of rotatable bonds is 5. The molecular weight excluding hydrogens is 439 g/mol. The van der Waals surface area contributed by atoms with Crippen molar-refractivity contribution in [1.82, 2.24) is 9.78 Å². The van der Waals surface area contributed by atoms with Gasteiger partial charge < -0.3 is 10.1 Å². The van der Waals surface area contributed by atoms with Gasteiger partial charge in [0.1, 0.15) is 0 Å². The summed E-state index contributed by atoms with van der Waals surface area (Å²) < 4.78 is 44.8. The van der Waals surface area contributed by atoms with E-state index in [2.05, 4.69) is 10.4 Å². The Kier molecular flexibility index (Phi) is 6.30. The van der Waals surface area contributed by atoms with Crippen molar-refractivity contribution >= 4 is 39.9 Å². The summed E-state index contributed by atoms with van der Waals surface area (Å²) in [4.78, 5) is 36.9. The van der Waals surface area contributed by atoms with Crippen molar-refractivity contribution in [1.29, 1.82) is 0 Å². The van der Waals surface area contributed by atoms with Crippen molar-refractivity contribution in [2.45, 2.75) is 19.6 Å². The predicted octanol–water partition coefficient (Wildman–Crippen LogP) is 3.88. The molecule has 0 radical (unpaired) electrons. The quantitative estimate of drug-likeness (QED) is 0.592. The first kappa shape index (κ1) is 22.3. The molecule has 0 saturated carbocycles. The third-order valence-electron chi connectivity index (χ3n) is 4.25. The van der Waals surface area contributed by atoms with Gasteiger partial charge in [0.05, 0.1) is 16.0 Å². The first-order valence-corrected chi connectivity index (χ1v) is 9.33. The Balaban J connectivity index is 1.75. The van der Waals surface area contributed by atoms with Crippen LogP contribution in [-0.4, -0.2) is 28.3 Å². The number of nitrogens with zero attached hydrogens (tertiary/aromatic N) is 2. The fraction of sp³-hybridized carbons (Fsp3) is 0.200. The zero-order valence-corrected chi connectivity index (χ0v) is 16.8. The van der Waals surface area contributed by atoms with Crippen molar-refractivity contribution in [2.75, 3.05) is 11.9 Å². The monoisotopic (exact) mass is 453 g/mol. The van der Waals surface area contributed by atoms with Crippen molar-refractivity contribution in [2.24, 2.45) is 0 Å². The van der Waals surface area contributed by atoms with E-state index in [1.807, 2.05) is 0 Å². The smallest absolute Gasteiger partial charge is 0.417 e. The van der Waals surface area contributed by atoms with Gasteiger partial charge in [0, 0.05) is 17.6 Å². The van der Waals surface area contributed by atoms with Gasteiger partial charge in [0.15, 0.2) is 12.3 Å². The lowest BCUT2D eigenvalue weighted by Gasteiger charge is -2.12. The molecule has 0 aliphatic carbocycles. The summed E-state index contributed by atoms with van der Waals surface area (Å²) in [5.41, 5.74) is -1.81. The topological polar surface area (TPSA) is 90.3 Å². The van der Waals surface area contributed by atoms with Crippen LogP contribution in [0.2, 0.25) is 5.02 Å². The lowest BCUT2D eigenvalue weighted by atomic mass is 10.1. The maximum Gasteiger partial charge on any atom is 0.417 e. The number of carbonyl (C=O) groups is 2. The van der Waals surface area contributed by atoms with E-state index in [9.17, 15) is 27.6 Å². The molecule has 3 rings (SSSR count). The molecule has 1 aromatic heterocycles. The molecule has 0 bridgehead atoms. The molecule has 0 saturated heterocycles. The van der Waals surface area contributed by atoms with Gasteiger partial charge >= 0.3 is 12.1 Å². The molecule has 1 heterocycles. The van der Waals surface area contributed by atoms with Crippen LogP contribution in [-0.2, 0) is 22.3 Å². The van der Waals surface area contributed by atoms with E-state index in [0.717, 1.165) is 10.7 Å².